The molecule has 0 aliphatic rings. The van der Waals surface area contributed by atoms with Crippen LogP contribution < -0.4 is 5.32 Å². The monoisotopic (exact) mass is 323 g/mol. The van der Waals surface area contributed by atoms with Crippen molar-refractivity contribution in [3.05, 3.63) is 33.5 Å². The number of rotatable bonds is 5. The number of hydrogen-bond donors (Lipinski definition) is 1. The molecule has 1 N–H and O–H groups in total. The summed E-state index contributed by atoms with van der Waals surface area (Å²) in [5, 5.41) is 6.91. The van der Waals surface area contributed by atoms with Crippen LogP contribution in [-0.2, 0) is 11.2 Å². The molecule has 2 heterocycles. The van der Waals surface area contributed by atoms with E-state index in [4.69, 9.17) is 0 Å². The predicted molar refractivity (Wildman–Crippen MR) is 86.0 cm³/mol. The van der Waals surface area contributed by atoms with Crippen molar-refractivity contribution in [1.29, 1.82) is 0 Å². The van der Waals surface area contributed by atoms with Crippen molar-refractivity contribution < 1.29 is 9.59 Å². The van der Waals surface area contributed by atoms with E-state index in [1.165, 1.54) is 22.7 Å². The van der Waals surface area contributed by atoms with E-state index in [1.54, 1.807) is 23.4 Å². The Labute approximate surface area is 131 Å². The molecule has 2 aromatic rings. The van der Waals surface area contributed by atoms with Crippen molar-refractivity contribution in [2.24, 2.45) is 0 Å². The highest BCUT2D eigenvalue weighted by atomic mass is 32.1. The number of thiazole rings is 1. The van der Waals surface area contributed by atoms with Crippen molar-refractivity contribution in [2.75, 3.05) is 12.4 Å². The van der Waals surface area contributed by atoms with E-state index in [2.05, 4.69) is 10.3 Å². The lowest BCUT2D eigenvalue weighted by Gasteiger charge is -2.20. The number of amides is 2. The Balaban J connectivity index is 1.95. The second-order valence-electron chi connectivity index (χ2n) is 4.85. The molecule has 0 saturated carbocycles. The molecule has 2 amide bonds. The summed E-state index contributed by atoms with van der Waals surface area (Å²) in [5.74, 6) is -0.150. The second-order valence-corrected chi connectivity index (χ2v) is 6.66. The number of anilines is 1. The molecule has 5 nitrogen and oxygen atoms in total. The summed E-state index contributed by atoms with van der Waals surface area (Å²) in [6.07, 6.45) is 0.250. The van der Waals surface area contributed by atoms with Crippen LogP contribution in [0.1, 0.15) is 29.2 Å². The largest absolute Gasteiger partial charge is 0.343 e. The van der Waals surface area contributed by atoms with Crippen LogP contribution in [0, 0.1) is 0 Å². The third-order valence-electron chi connectivity index (χ3n) is 3.02. The van der Waals surface area contributed by atoms with Crippen molar-refractivity contribution in [2.45, 2.75) is 26.3 Å². The van der Waals surface area contributed by atoms with Crippen LogP contribution >= 0.6 is 22.7 Å². The summed E-state index contributed by atoms with van der Waals surface area (Å²) >= 11 is 2.71. The van der Waals surface area contributed by atoms with E-state index < -0.39 is 0 Å². The Morgan fingerprint density at radius 2 is 2.14 bits per heavy atom. The van der Waals surface area contributed by atoms with E-state index in [9.17, 15) is 9.59 Å². The van der Waals surface area contributed by atoms with Crippen LogP contribution in [0.4, 0.5) is 5.13 Å². The predicted octanol–water partition coefficient (Wildman–Crippen LogP) is 2.87. The number of aromatic nitrogens is 1. The fraction of sp³-hybridized carbons (Fsp3) is 0.357. The second kappa shape index (κ2) is 6.82. The average Bonchev–Trinajstić information content (AvgIpc) is 3.09. The van der Waals surface area contributed by atoms with Gasteiger partial charge in [0.25, 0.3) is 5.91 Å². The summed E-state index contributed by atoms with van der Waals surface area (Å²) in [4.78, 5) is 30.5. The molecule has 0 bridgehead atoms. The van der Waals surface area contributed by atoms with Crippen LogP contribution in [0.15, 0.2) is 22.9 Å². The molecule has 0 saturated heterocycles. The zero-order valence-electron chi connectivity index (χ0n) is 12.1. The minimum atomic E-state index is -0.170. The van der Waals surface area contributed by atoms with Gasteiger partial charge in [-0.15, -0.1) is 22.7 Å². The van der Waals surface area contributed by atoms with E-state index in [-0.39, 0.29) is 24.3 Å². The van der Waals surface area contributed by atoms with Gasteiger partial charge in [0.1, 0.15) is 0 Å². The van der Waals surface area contributed by atoms with E-state index in [0.717, 1.165) is 0 Å². The fourth-order valence-electron chi connectivity index (χ4n) is 1.58. The maximum absolute atomic E-state index is 12.0. The van der Waals surface area contributed by atoms with Crippen molar-refractivity contribution in [3.63, 3.8) is 0 Å². The molecular weight excluding hydrogens is 306 g/mol. The van der Waals surface area contributed by atoms with Crippen molar-refractivity contribution in [3.8, 4) is 0 Å². The van der Waals surface area contributed by atoms with Gasteiger partial charge in [0.15, 0.2) is 5.13 Å². The lowest BCUT2D eigenvalue weighted by Crippen LogP contribution is -2.34. The zero-order valence-corrected chi connectivity index (χ0v) is 13.8. The summed E-state index contributed by atoms with van der Waals surface area (Å²) in [5.41, 5.74) is 0.680. The molecule has 0 atom stereocenters. The molecule has 0 radical (unpaired) electrons. The molecule has 0 unspecified atom stereocenters. The Morgan fingerprint density at radius 3 is 2.76 bits per heavy atom. The third-order valence-corrected chi connectivity index (χ3v) is 4.69. The summed E-state index contributed by atoms with van der Waals surface area (Å²) in [6.45, 7) is 3.93. The first-order chi connectivity index (χ1) is 9.97. The number of nitrogens with one attached hydrogen (secondary N) is 1. The highest BCUT2D eigenvalue weighted by molar-refractivity contribution is 7.14. The number of carbonyl (C=O) groups is 2. The summed E-state index contributed by atoms with van der Waals surface area (Å²) < 4.78 is 0. The first-order valence-electron chi connectivity index (χ1n) is 6.52. The highest BCUT2D eigenvalue weighted by Gasteiger charge is 2.15. The van der Waals surface area contributed by atoms with Gasteiger partial charge in [-0.05, 0) is 25.3 Å². The molecule has 2 rings (SSSR count). The van der Waals surface area contributed by atoms with Crippen LogP contribution in [0.3, 0.4) is 0 Å². The number of thiophene rings is 1. The topological polar surface area (TPSA) is 62.3 Å². The quantitative estimate of drug-likeness (QED) is 0.920. The molecule has 0 aliphatic heterocycles. The summed E-state index contributed by atoms with van der Waals surface area (Å²) in [7, 11) is 1.78. The van der Waals surface area contributed by atoms with Gasteiger partial charge in [0, 0.05) is 18.5 Å². The van der Waals surface area contributed by atoms with Crippen LogP contribution in [0.2, 0.25) is 0 Å². The average molecular weight is 323 g/mol. The lowest BCUT2D eigenvalue weighted by molar-refractivity contribution is -0.130. The molecule has 112 valence electrons. The molecule has 21 heavy (non-hydrogen) atoms. The number of hydrogen-bond acceptors (Lipinski definition) is 5. The van der Waals surface area contributed by atoms with Gasteiger partial charge < -0.3 is 4.90 Å². The molecule has 0 aromatic carbocycles. The Bertz CT molecular complexity index is 620. The van der Waals surface area contributed by atoms with Crippen LogP contribution in [-0.4, -0.2) is 34.8 Å². The summed E-state index contributed by atoms with van der Waals surface area (Å²) in [6, 6.07) is 3.75. The number of nitrogens with zero attached hydrogens (tertiary/aromatic N) is 2. The molecule has 0 aliphatic carbocycles. The van der Waals surface area contributed by atoms with Gasteiger partial charge in [0.05, 0.1) is 17.0 Å². The SMILES string of the molecule is CC(C)N(C)C(=O)Cc1csc(NC(=O)c2cccs2)n1. The van der Waals surface area contributed by atoms with Gasteiger partial charge in [-0.1, -0.05) is 6.07 Å². The van der Waals surface area contributed by atoms with E-state index >= 15 is 0 Å². The standard InChI is InChI=1S/C14H17N3O2S2/c1-9(2)17(3)12(18)7-10-8-21-14(15-10)16-13(19)11-5-4-6-20-11/h4-6,8-9H,7H2,1-3H3,(H,15,16,19). The van der Waals surface area contributed by atoms with Crippen molar-refractivity contribution >= 4 is 39.6 Å². The molecule has 7 heteroatoms. The minimum Gasteiger partial charge on any atom is -0.343 e. The number of carbonyl (C=O) groups excluding carboxylic acids is 2. The molecule has 2 aromatic heterocycles. The van der Waals surface area contributed by atoms with E-state index in [0.29, 0.717) is 15.7 Å². The normalized spacial score (nSPS) is 10.7. The smallest absolute Gasteiger partial charge is 0.267 e. The lowest BCUT2D eigenvalue weighted by atomic mass is 10.2. The van der Waals surface area contributed by atoms with Crippen LogP contribution in [0.5, 0.6) is 0 Å². The Kier molecular flexibility index (Phi) is 5.08. The first kappa shape index (κ1) is 15.7. The van der Waals surface area contributed by atoms with Crippen LogP contribution in [0.25, 0.3) is 0 Å². The molecule has 0 spiro atoms. The van der Waals surface area contributed by atoms with Gasteiger partial charge in [-0.25, -0.2) is 4.98 Å². The van der Waals surface area contributed by atoms with Gasteiger partial charge in [-0.2, -0.15) is 0 Å². The molecule has 0 fully saturated rings. The van der Waals surface area contributed by atoms with Gasteiger partial charge in [0.2, 0.25) is 5.91 Å². The maximum atomic E-state index is 12.0. The molecular formula is C14H17N3O2S2. The Morgan fingerprint density at radius 1 is 1.38 bits per heavy atom. The Hall–Kier alpha value is -1.73. The number of likely N-dealkylation sites (N-methyl/N-ethyl adjacent to an activating group) is 1. The zero-order chi connectivity index (χ0) is 15.4. The maximum Gasteiger partial charge on any atom is 0.267 e. The highest BCUT2D eigenvalue weighted by Crippen LogP contribution is 2.18. The van der Waals surface area contributed by atoms with Gasteiger partial charge >= 0.3 is 0 Å². The first-order valence-corrected chi connectivity index (χ1v) is 8.28. The minimum absolute atomic E-state index is 0.0198. The van der Waals surface area contributed by atoms with Crippen molar-refractivity contribution in [1.82, 2.24) is 9.88 Å². The van der Waals surface area contributed by atoms with Gasteiger partial charge in [-0.3, -0.25) is 14.9 Å². The fourth-order valence-corrected chi connectivity index (χ4v) is 2.90. The van der Waals surface area contributed by atoms with E-state index in [1.807, 2.05) is 25.3 Å². The third kappa shape index (κ3) is 4.12.